The fourth-order valence-electron chi connectivity index (χ4n) is 2.06. The van der Waals surface area contributed by atoms with E-state index in [9.17, 15) is 0 Å². The molecule has 1 aliphatic rings. The Balaban J connectivity index is 1.90. The number of nitrogens with zero attached hydrogens (tertiary/aromatic N) is 2. The summed E-state index contributed by atoms with van der Waals surface area (Å²) in [6.45, 7) is 5.41. The quantitative estimate of drug-likeness (QED) is 0.803. The molecule has 3 heteroatoms. The first-order valence-corrected chi connectivity index (χ1v) is 5.59. The van der Waals surface area contributed by atoms with Crippen LogP contribution in [0.2, 0.25) is 0 Å². The number of nitrogens with one attached hydrogen (secondary N) is 1. The number of pyridine rings is 1. The van der Waals surface area contributed by atoms with Gasteiger partial charge in [-0.3, -0.25) is 9.88 Å². The fourth-order valence-corrected chi connectivity index (χ4v) is 2.06. The zero-order chi connectivity index (χ0) is 10.7. The van der Waals surface area contributed by atoms with Crippen LogP contribution in [0, 0.1) is 6.92 Å². The summed E-state index contributed by atoms with van der Waals surface area (Å²) in [7, 11) is 2.04. The Morgan fingerprint density at radius 1 is 1.53 bits per heavy atom. The molecule has 0 bridgehead atoms. The highest BCUT2D eigenvalue weighted by atomic mass is 15.2. The molecule has 1 N–H and O–H groups in total. The summed E-state index contributed by atoms with van der Waals surface area (Å²) in [5.41, 5.74) is 2.41. The predicted octanol–water partition coefficient (Wildman–Crippen LogP) is 1.18. The number of likely N-dealkylation sites (N-methyl/N-ethyl adjacent to an activating group) is 1. The SMILES string of the molecule is CNC1CCN(Cc2ccc(C)nc2)C1. The van der Waals surface area contributed by atoms with E-state index in [4.69, 9.17) is 0 Å². The normalized spacial score (nSPS) is 22.1. The van der Waals surface area contributed by atoms with Crippen LogP contribution < -0.4 is 5.32 Å². The van der Waals surface area contributed by atoms with Gasteiger partial charge in [-0.25, -0.2) is 0 Å². The molecule has 0 spiro atoms. The molecule has 0 saturated carbocycles. The maximum absolute atomic E-state index is 4.32. The Kier molecular flexibility index (Phi) is 3.34. The predicted molar refractivity (Wildman–Crippen MR) is 61.7 cm³/mol. The molecule has 15 heavy (non-hydrogen) atoms. The average molecular weight is 205 g/mol. The van der Waals surface area contributed by atoms with E-state index in [-0.39, 0.29) is 0 Å². The molecule has 1 atom stereocenters. The van der Waals surface area contributed by atoms with Crippen molar-refractivity contribution >= 4 is 0 Å². The molecule has 2 rings (SSSR count). The molecule has 1 aromatic heterocycles. The van der Waals surface area contributed by atoms with Crippen LogP contribution in [0.3, 0.4) is 0 Å². The van der Waals surface area contributed by atoms with Crippen LogP contribution in [0.5, 0.6) is 0 Å². The molecule has 0 radical (unpaired) electrons. The zero-order valence-corrected chi connectivity index (χ0v) is 9.53. The molecular weight excluding hydrogens is 186 g/mol. The first kappa shape index (κ1) is 10.6. The molecule has 1 unspecified atom stereocenters. The highest BCUT2D eigenvalue weighted by Crippen LogP contribution is 2.12. The third kappa shape index (κ3) is 2.76. The van der Waals surface area contributed by atoms with E-state index in [0.717, 1.165) is 18.8 Å². The Morgan fingerprint density at radius 3 is 3.00 bits per heavy atom. The van der Waals surface area contributed by atoms with Crippen molar-refractivity contribution in [2.45, 2.75) is 25.9 Å². The molecule has 1 aliphatic heterocycles. The molecule has 3 nitrogen and oxygen atoms in total. The molecule has 1 aromatic rings. The van der Waals surface area contributed by atoms with Crippen LogP contribution in [0.25, 0.3) is 0 Å². The monoisotopic (exact) mass is 205 g/mol. The van der Waals surface area contributed by atoms with E-state index in [1.807, 2.05) is 20.2 Å². The van der Waals surface area contributed by atoms with Crippen LogP contribution >= 0.6 is 0 Å². The van der Waals surface area contributed by atoms with Gasteiger partial charge in [0.1, 0.15) is 0 Å². The average Bonchev–Trinajstić information content (AvgIpc) is 2.69. The van der Waals surface area contributed by atoms with Crippen molar-refractivity contribution in [2.75, 3.05) is 20.1 Å². The first-order valence-electron chi connectivity index (χ1n) is 5.59. The van der Waals surface area contributed by atoms with Crippen LogP contribution in [-0.2, 0) is 6.54 Å². The van der Waals surface area contributed by atoms with E-state index in [0.29, 0.717) is 6.04 Å². The molecule has 0 aliphatic carbocycles. The van der Waals surface area contributed by atoms with Gasteiger partial charge in [-0.1, -0.05) is 6.07 Å². The van der Waals surface area contributed by atoms with Gasteiger partial charge < -0.3 is 5.32 Å². The number of hydrogen-bond donors (Lipinski definition) is 1. The minimum Gasteiger partial charge on any atom is -0.316 e. The Morgan fingerprint density at radius 2 is 2.40 bits per heavy atom. The van der Waals surface area contributed by atoms with Gasteiger partial charge in [-0.15, -0.1) is 0 Å². The fraction of sp³-hybridized carbons (Fsp3) is 0.583. The highest BCUT2D eigenvalue weighted by Gasteiger charge is 2.20. The summed E-state index contributed by atoms with van der Waals surface area (Å²) in [6, 6.07) is 4.93. The van der Waals surface area contributed by atoms with Crippen LogP contribution in [0.4, 0.5) is 0 Å². The number of rotatable bonds is 3. The number of hydrogen-bond acceptors (Lipinski definition) is 3. The Labute approximate surface area is 91.5 Å². The third-order valence-electron chi connectivity index (χ3n) is 3.06. The Hall–Kier alpha value is -0.930. The van der Waals surface area contributed by atoms with Gasteiger partial charge in [0, 0.05) is 37.6 Å². The van der Waals surface area contributed by atoms with E-state index < -0.39 is 0 Å². The largest absolute Gasteiger partial charge is 0.316 e. The summed E-state index contributed by atoms with van der Waals surface area (Å²) in [6.07, 6.45) is 3.25. The summed E-state index contributed by atoms with van der Waals surface area (Å²) < 4.78 is 0. The minimum atomic E-state index is 0.670. The maximum Gasteiger partial charge on any atom is 0.0372 e. The van der Waals surface area contributed by atoms with Gasteiger partial charge in [0.15, 0.2) is 0 Å². The molecule has 82 valence electrons. The zero-order valence-electron chi connectivity index (χ0n) is 9.53. The number of aryl methyl sites for hydroxylation is 1. The highest BCUT2D eigenvalue weighted by molar-refractivity contribution is 5.13. The van der Waals surface area contributed by atoms with Crippen molar-refractivity contribution in [3.05, 3.63) is 29.6 Å². The van der Waals surface area contributed by atoms with Crippen LogP contribution in [0.15, 0.2) is 18.3 Å². The topological polar surface area (TPSA) is 28.2 Å². The van der Waals surface area contributed by atoms with Gasteiger partial charge in [-0.05, 0) is 32.0 Å². The molecule has 2 heterocycles. The van der Waals surface area contributed by atoms with Gasteiger partial charge in [0.25, 0.3) is 0 Å². The lowest BCUT2D eigenvalue weighted by molar-refractivity contribution is 0.322. The van der Waals surface area contributed by atoms with Crippen molar-refractivity contribution in [3.8, 4) is 0 Å². The van der Waals surface area contributed by atoms with Crippen molar-refractivity contribution in [1.82, 2.24) is 15.2 Å². The summed E-state index contributed by atoms with van der Waals surface area (Å²) in [4.78, 5) is 6.80. The summed E-state index contributed by atoms with van der Waals surface area (Å²) in [5, 5.41) is 3.33. The summed E-state index contributed by atoms with van der Waals surface area (Å²) >= 11 is 0. The van der Waals surface area contributed by atoms with Crippen LogP contribution in [-0.4, -0.2) is 36.1 Å². The molecule has 0 aromatic carbocycles. The van der Waals surface area contributed by atoms with Crippen LogP contribution in [0.1, 0.15) is 17.7 Å². The lowest BCUT2D eigenvalue weighted by Crippen LogP contribution is -2.29. The second-order valence-electron chi connectivity index (χ2n) is 4.32. The minimum absolute atomic E-state index is 0.670. The lowest BCUT2D eigenvalue weighted by Gasteiger charge is -2.15. The smallest absolute Gasteiger partial charge is 0.0372 e. The van der Waals surface area contributed by atoms with Crippen molar-refractivity contribution in [1.29, 1.82) is 0 Å². The molecular formula is C12H19N3. The van der Waals surface area contributed by atoms with Gasteiger partial charge in [0.2, 0.25) is 0 Å². The van der Waals surface area contributed by atoms with E-state index in [1.165, 1.54) is 18.5 Å². The third-order valence-corrected chi connectivity index (χ3v) is 3.06. The van der Waals surface area contributed by atoms with Gasteiger partial charge in [-0.2, -0.15) is 0 Å². The van der Waals surface area contributed by atoms with Gasteiger partial charge in [0.05, 0.1) is 0 Å². The standard InChI is InChI=1S/C12H19N3/c1-10-3-4-11(7-14-10)8-15-6-5-12(9-15)13-2/h3-4,7,12-13H,5-6,8-9H2,1-2H3. The molecule has 1 saturated heterocycles. The number of aromatic nitrogens is 1. The Bertz CT molecular complexity index is 307. The van der Waals surface area contributed by atoms with Crippen molar-refractivity contribution in [3.63, 3.8) is 0 Å². The molecule has 0 amide bonds. The summed E-state index contributed by atoms with van der Waals surface area (Å²) in [5.74, 6) is 0. The van der Waals surface area contributed by atoms with E-state index in [2.05, 4.69) is 27.3 Å². The van der Waals surface area contributed by atoms with E-state index in [1.54, 1.807) is 0 Å². The second kappa shape index (κ2) is 4.73. The maximum atomic E-state index is 4.32. The lowest BCUT2D eigenvalue weighted by atomic mass is 10.2. The number of likely N-dealkylation sites (tertiary alicyclic amines) is 1. The van der Waals surface area contributed by atoms with Crippen molar-refractivity contribution < 1.29 is 0 Å². The first-order chi connectivity index (χ1) is 7.28. The van der Waals surface area contributed by atoms with Crippen molar-refractivity contribution in [2.24, 2.45) is 0 Å². The second-order valence-corrected chi connectivity index (χ2v) is 4.32. The van der Waals surface area contributed by atoms with E-state index >= 15 is 0 Å². The van der Waals surface area contributed by atoms with Gasteiger partial charge >= 0.3 is 0 Å². The molecule has 1 fully saturated rings.